The Kier molecular flexibility index (Phi) is 5.17. The van der Waals surface area contributed by atoms with Crippen LogP contribution >= 0.6 is 0 Å². The van der Waals surface area contributed by atoms with E-state index in [4.69, 9.17) is 0 Å². The van der Waals surface area contributed by atoms with Crippen molar-refractivity contribution in [2.75, 3.05) is 13.1 Å². The molecular formula is C13H24N4O2S. The van der Waals surface area contributed by atoms with Gasteiger partial charge in [0.25, 0.3) is 10.0 Å². The number of aromatic nitrogens is 2. The summed E-state index contributed by atoms with van der Waals surface area (Å²) < 4.78 is 27.1. The molecule has 0 saturated carbocycles. The molecule has 0 bridgehead atoms. The summed E-state index contributed by atoms with van der Waals surface area (Å²) in [5, 5.41) is 10.1. The third-order valence-electron chi connectivity index (χ3n) is 3.73. The maximum atomic E-state index is 12.7. The Labute approximate surface area is 121 Å². The van der Waals surface area contributed by atoms with Crippen LogP contribution in [0, 0.1) is 0 Å². The quantitative estimate of drug-likeness (QED) is 0.780. The van der Waals surface area contributed by atoms with Crippen LogP contribution in [0.5, 0.6) is 0 Å². The first-order valence-electron chi connectivity index (χ1n) is 7.32. The van der Waals surface area contributed by atoms with Crippen molar-refractivity contribution >= 4 is 10.0 Å². The summed E-state index contributed by atoms with van der Waals surface area (Å²) in [6, 6.07) is 0.0634. The molecule has 0 radical (unpaired) electrons. The highest BCUT2D eigenvalue weighted by molar-refractivity contribution is 7.89. The van der Waals surface area contributed by atoms with Gasteiger partial charge in [-0.1, -0.05) is 13.3 Å². The van der Waals surface area contributed by atoms with E-state index >= 15 is 0 Å². The molecule has 0 amide bonds. The average Bonchev–Trinajstić information content (AvgIpc) is 2.88. The fraction of sp³-hybridized carbons (Fsp3) is 0.769. The van der Waals surface area contributed by atoms with Crippen LogP contribution in [0.3, 0.4) is 0 Å². The molecule has 1 unspecified atom stereocenters. The number of nitrogens with zero attached hydrogens (tertiary/aromatic N) is 2. The first-order chi connectivity index (χ1) is 9.57. The highest BCUT2D eigenvalue weighted by atomic mass is 32.2. The van der Waals surface area contributed by atoms with E-state index in [1.807, 2.05) is 6.92 Å². The van der Waals surface area contributed by atoms with Crippen LogP contribution in [0.1, 0.15) is 45.1 Å². The van der Waals surface area contributed by atoms with E-state index in [0.29, 0.717) is 13.1 Å². The van der Waals surface area contributed by atoms with Gasteiger partial charge in [0.05, 0.1) is 6.20 Å². The van der Waals surface area contributed by atoms with Crippen molar-refractivity contribution in [2.24, 2.45) is 0 Å². The van der Waals surface area contributed by atoms with Gasteiger partial charge in [0.1, 0.15) is 0 Å². The van der Waals surface area contributed by atoms with Crippen LogP contribution in [-0.4, -0.2) is 42.1 Å². The lowest BCUT2D eigenvalue weighted by Crippen LogP contribution is -2.42. The topological polar surface area (TPSA) is 78.1 Å². The van der Waals surface area contributed by atoms with Crippen LogP contribution < -0.4 is 5.32 Å². The van der Waals surface area contributed by atoms with Gasteiger partial charge < -0.3 is 5.32 Å². The van der Waals surface area contributed by atoms with Gasteiger partial charge in [0, 0.05) is 24.7 Å². The Balaban J connectivity index is 2.19. The molecule has 0 aliphatic carbocycles. The van der Waals surface area contributed by atoms with Crippen molar-refractivity contribution < 1.29 is 8.42 Å². The molecule has 7 heteroatoms. The van der Waals surface area contributed by atoms with Gasteiger partial charge in [-0.15, -0.1) is 0 Å². The molecule has 1 aliphatic rings. The highest BCUT2D eigenvalue weighted by Gasteiger charge is 2.33. The second-order valence-corrected chi connectivity index (χ2v) is 7.19. The number of sulfonamides is 1. The van der Waals surface area contributed by atoms with E-state index in [1.165, 1.54) is 0 Å². The Morgan fingerprint density at radius 2 is 2.30 bits per heavy atom. The maximum absolute atomic E-state index is 12.7. The van der Waals surface area contributed by atoms with Crippen molar-refractivity contribution in [3.05, 3.63) is 11.8 Å². The zero-order valence-corrected chi connectivity index (χ0v) is 13.0. The van der Waals surface area contributed by atoms with Gasteiger partial charge in [0.2, 0.25) is 0 Å². The number of hydrogen-bond acceptors (Lipinski definition) is 4. The first-order valence-corrected chi connectivity index (χ1v) is 8.76. The van der Waals surface area contributed by atoms with Crippen molar-refractivity contribution in [2.45, 2.75) is 57.1 Å². The summed E-state index contributed by atoms with van der Waals surface area (Å²) >= 11 is 0. The smallest absolute Gasteiger partial charge is 0.260 e. The largest absolute Gasteiger partial charge is 0.313 e. The number of H-pyrrole nitrogens is 1. The van der Waals surface area contributed by atoms with Crippen molar-refractivity contribution in [3.8, 4) is 0 Å². The van der Waals surface area contributed by atoms with Crippen LogP contribution in [0.4, 0.5) is 0 Å². The standard InChI is InChI=1S/C13H24N4O2S/c1-3-7-14-9-12-10-15-16-13(12)20(18,19)17-8-5-4-6-11(17)2/h10-11,14H,3-9H2,1-2H3,(H,15,16). The van der Waals surface area contributed by atoms with E-state index in [0.717, 1.165) is 37.8 Å². The molecule has 1 aliphatic heterocycles. The summed E-state index contributed by atoms with van der Waals surface area (Å²) in [4.78, 5) is 0. The molecular weight excluding hydrogens is 276 g/mol. The van der Waals surface area contributed by atoms with E-state index in [1.54, 1.807) is 10.5 Å². The van der Waals surface area contributed by atoms with Crippen LogP contribution in [0.25, 0.3) is 0 Å². The molecule has 2 heterocycles. The van der Waals surface area contributed by atoms with Gasteiger partial charge in [-0.2, -0.15) is 9.40 Å². The fourth-order valence-electron chi connectivity index (χ4n) is 2.59. The van der Waals surface area contributed by atoms with Crippen molar-refractivity contribution in [1.29, 1.82) is 0 Å². The molecule has 2 rings (SSSR count). The van der Waals surface area contributed by atoms with Crippen LogP contribution in [-0.2, 0) is 16.6 Å². The van der Waals surface area contributed by atoms with Crippen LogP contribution in [0.2, 0.25) is 0 Å². The zero-order chi connectivity index (χ0) is 14.6. The molecule has 1 saturated heterocycles. The van der Waals surface area contributed by atoms with E-state index < -0.39 is 10.0 Å². The average molecular weight is 300 g/mol. The predicted molar refractivity (Wildman–Crippen MR) is 77.8 cm³/mol. The molecule has 1 atom stereocenters. The van der Waals surface area contributed by atoms with Gasteiger partial charge >= 0.3 is 0 Å². The number of aromatic amines is 1. The van der Waals surface area contributed by atoms with Crippen molar-refractivity contribution in [1.82, 2.24) is 19.8 Å². The zero-order valence-electron chi connectivity index (χ0n) is 12.2. The molecule has 6 nitrogen and oxygen atoms in total. The van der Waals surface area contributed by atoms with Gasteiger partial charge in [0.15, 0.2) is 5.03 Å². The Morgan fingerprint density at radius 1 is 1.50 bits per heavy atom. The minimum Gasteiger partial charge on any atom is -0.313 e. The summed E-state index contributed by atoms with van der Waals surface area (Å²) in [6.45, 7) is 6.05. The number of rotatable bonds is 6. The molecule has 0 spiro atoms. The molecule has 0 aromatic carbocycles. The second-order valence-electron chi connectivity index (χ2n) is 5.36. The van der Waals surface area contributed by atoms with Gasteiger partial charge in [-0.05, 0) is 32.7 Å². The number of piperidine rings is 1. The Morgan fingerprint density at radius 3 is 3.00 bits per heavy atom. The monoisotopic (exact) mass is 300 g/mol. The van der Waals surface area contributed by atoms with E-state index in [2.05, 4.69) is 22.4 Å². The lowest BCUT2D eigenvalue weighted by atomic mass is 10.1. The summed E-state index contributed by atoms with van der Waals surface area (Å²) in [7, 11) is -3.46. The SMILES string of the molecule is CCCNCc1cn[nH]c1S(=O)(=O)N1CCCCC1C. The molecule has 1 fully saturated rings. The van der Waals surface area contributed by atoms with Gasteiger partial charge in [-0.3, -0.25) is 5.10 Å². The summed E-state index contributed by atoms with van der Waals surface area (Å²) in [5.41, 5.74) is 0.719. The minimum atomic E-state index is -3.46. The molecule has 2 N–H and O–H groups in total. The Bertz CT molecular complexity index is 526. The lowest BCUT2D eigenvalue weighted by molar-refractivity contribution is 0.267. The summed E-state index contributed by atoms with van der Waals surface area (Å²) in [5.74, 6) is 0. The minimum absolute atomic E-state index is 0.0634. The highest BCUT2D eigenvalue weighted by Crippen LogP contribution is 2.25. The van der Waals surface area contributed by atoms with E-state index in [-0.39, 0.29) is 11.1 Å². The molecule has 1 aromatic heterocycles. The fourth-order valence-corrected chi connectivity index (χ4v) is 4.40. The molecule has 114 valence electrons. The van der Waals surface area contributed by atoms with Gasteiger partial charge in [-0.25, -0.2) is 8.42 Å². The predicted octanol–water partition coefficient (Wildman–Crippen LogP) is 1.47. The summed E-state index contributed by atoms with van der Waals surface area (Å²) in [6.07, 6.45) is 5.58. The second kappa shape index (κ2) is 6.69. The normalized spacial score (nSPS) is 21.2. The maximum Gasteiger partial charge on any atom is 0.260 e. The third kappa shape index (κ3) is 3.21. The molecule has 1 aromatic rings. The Hall–Kier alpha value is -0.920. The van der Waals surface area contributed by atoms with Crippen LogP contribution in [0.15, 0.2) is 11.2 Å². The third-order valence-corrected chi connectivity index (χ3v) is 5.76. The number of nitrogens with one attached hydrogen (secondary N) is 2. The first kappa shape index (κ1) is 15.5. The number of hydrogen-bond donors (Lipinski definition) is 2. The lowest BCUT2D eigenvalue weighted by Gasteiger charge is -2.32. The molecule has 20 heavy (non-hydrogen) atoms. The van der Waals surface area contributed by atoms with E-state index in [9.17, 15) is 8.42 Å². The van der Waals surface area contributed by atoms with Crippen molar-refractivity contribution in [3.63, 3.8) is 0 Å².